The van der Waals surface area contributed by atoms with Crippen LogP contribution in [0.4, 0.5) is 0 Å². The highest BCUT2D eigenvalue weighted by molar-refractivity contribution is 5.27. The number of H-pyrrole nitrogens is 1. The van der Waals surface area contributed by atoms with Crippen LogP contribution in [0.3, 0.4) is 0 Å². The summed E-state index contributed by atoms with van der Waals surface area (Å²) >= 11 is 0. The normalized spacial score (nSPS) is 12.0. The molecule has 6 nitrogen and oxygen atoms in total. The molecule has 2 heterocycles. The number of pyridine rings is 1. The number of aromatic nitrogens is 4. The average molecular weight is 215 g/mol. The van der Waals surface area contributed by atoms with Crippen LogP contribution in [-0.2, 0) is 0 Å². The topological polar surface area (TPSA) is 87.4 Å². The molecule has 2 aromatic heterocycles. The van der Waals surface area contributed by atoms with Gasteiger partial charge in [0, 0.05) is 5.69 Å². The van der Waals surface area contributed by atoms with Crippen molar-refractivity contribution in [2.45, 2.75) is 13.0 Å². The number of hydrogen-bond donors (Lipinski definition) is 1. The molecule has 16 heavy (non-hydrogen) atoms. The van der Waals surface area contributed by atoms with E-state index in [4.69, 9.17) is 5.26 Å². The highest BCUT2D eigenvalue weighted by Gasteiger charge is 2.10. The molecule has 1 N–H and O–H groups in total. The van der Waals surface area contributed by atoms with Crippen LogP contribution in [-0.4, -0.2) is 19.7 Å². The van der Waals surface area contributed by atoms with E-state index in [1.165, 1.54) is 12.4 Å². The maximum Gasteiger partial charge on any atom is 0.266 e. The summed E-state index contributed by atoms with van der Waals surface area (Å²) in [5, 5.41) is 12.6. The molecule has 0 aliphatic heterocycles. The lowest BCUT2D eigenvalue weighted by atomic mass is 10.2. The van der Waals surface area contributed by atoms with E-state index in [2.05, 4.69) is 15.1 Å². The lowest BCUT2D eigenvalue weighted by Crippen LogP contribution is -2.17. The Kier molecular flexibility index (Phi) is 2.52. The van der Waals surface area contributed by atoms with E-state index in [0.29, 0.717) is 5.69 Å². The van der Waals surface area contributed by atoms with Gasteiger partial charge in [0.1, 0.15) is 24.3 Å². The van der Waals surface area contributed by atoms with Crippen molar-refractivity contribution in [3.05, 3.63) is 46.4 Å². The molecule has 0 spiro atoms. The second-order valence-electron chi connectivity index (χ2n) is 3.32. The molecule has 0 aromatic carbocycles. The first-order chi connectivity index (χ1) is 7.72. The van der Waals surface area contributed by atoms with Gasteiger partial charge in [0.2, 0.25) is 0 Å². The van der Waals surface area contributed by atoms with Gasteiger partial charge in [-0.05, 0) is 19.1 Å². The number of nitrogens with one attached hydrogen (secondary N) is 1. The quantitative estimate of drug-likeness (QED) is 0.787. The predicted molar refractivity (Wildman–Crippen MR) is 55.6 cm³/mol. The lowest BCUT2D eigenvalue weighted by molar-refractivity contribution is 0.548. The first-order valence-electron chi connectivity index (χ1n) is 4.70. The van der Waals surface area contributed by atoms with Gasteiger partial charge in [0.25, 0.3) is 5.56 Å². The number of aromatic amines is 1. The maximum atomic E-state index is 11.4. The Labute approximate surface area is 91.2 Å². The maximum absolute atomic E-state index is 11.4. The minimum Gasteiger partial charge on any atom is -0.323 e. The fourth-order valence-corrected chi connectivity index (χ4v) is 1.38. The molecule has 0 aliphatic carbocycles. The minimum absolute atomic E-state index is 0.106. The summed E-state index contributed by atoms with van der Waals surface area (Å²) in [7, 11) is 0. The molecule has 0 radical (unpaired) electrons. The van der Waals surface area contributed by atoms with Crippen LogP contribution >= 0.6 is 0 Å². The van der Waals surface area contributed by atoms with Crippen molar-refractivity contribution in [3.8, 4) is 6.07 Å². The summed E-state index contributed by atoms with van der Waals surface area (Å²) in [5.41, 5.74) is 0.413. The Morgan fingerprint density at radius 2 is 2.38 bits per heavy atom. The smallest absolute Gasteiger partial charge is 0.266 e. The largest absolute Gasteiger partial charge is 0.323 e. The molecule has 0 saturated heterocycles. The van der Waals surface area contributed by atoms with Crippen LogP contribution in [0.25, 0.3) is 0 Å². The first kappa shape index (κ1) is 10.1. The fourth-order valence-electron chi connectivity index (χ4n) is 1.38. The monoisotopic (exact) mass is 215 g/mol. The van der Waals surface area contributed by atoms with Gasteiger partial charge < -0.3 is 4.98 Å². The molecule has 0 bridgehead atoms. The number of rotatable bonds is 2. The summed E-state index contributed by atoms with van der Waals surface area (Å²) < 4.78 is 1.62. The molecule has 2 rings (SSSR count). The third kappa shape index (κ3) is 1.70. The second kappa shape index (κ2) is 3.98. The Bertz CT molecular complexity index is 578. The third-order valence-electron chi connectivity index (χ3n) is 2.34. The van der Waals surface area contributed by atoms with E-state index >= 15 is 0 Å². The second-order valence-corrected chi connectivity index (χ2v) is 3.32. The van der Waals surface area contributed by atoms with E-state index in [-0.39, 0.29) is 17.2 Å². The van der Waals surface area contributed by atoms with Gasteiger partial charge in [0.15, 0.2) is 0 Å². The average Bonchev–Trinajstić information content (AvgIpc) is 2.81. The van der Waals surface area contributed by atoms with E-state index in [0.717, 1.165) is 0 Å². The molecule has 6 heteroatoms. The van der Waals surface area contributed by atoms with Gasteiger partial charge in [-0.3, -0.25) is 4.79 Å². The molecule has 1 unspecified atom stereocenters. The van der Waals surface area contributed by atoms with Gasteiger partial charge >= 0.3 is 0 Å². The van der Waals surface area contributed by atoms with Crippen molar-refractivity contribution >= 4 is 0 Å². The van der Waals surface area contributed by atoms with Crippen LogP contribution in [0.1, 0.15) is 24.2 Å². The molecule has 0 amide bonds. The van der Waals surface area contributed by atoms with E-state index < -0.39 is 0 Å². The van der Waals surface area contributed by atoms with Crippen LogP contribution in [0.5, 0.6) is 0 Å². The number of hydrogen-bond acceptors (Lipinski definition) is 4. The van der Waals surface area contributed by atoms with Crippen LogP contribution in [0.15, 0.2) is 29.6 Å². The Morgan fingerprint density at radius 1 is 1.56 bits per heavy atom. The Balaban J connectivity index is 2.40. The zero-order valence-corrected chi connectivity index (χ0v) is 8.58. The van der Waals surface area contributed by atoms with Crippen molar-refractivity contribution in [1.82, 2.24) is 19.7 Å². The number of nitrogens with zero attached hydrogens (tertiary/aromatic N) is 4. The van der Waals surface area contributed by atoms with Crippen LogP contribution in [0, 0.1) is 11.3 Å². The van der Waals surface area contributed by atoms with Gasteiger partial charge in [-0.25, -0.2) is 9.67 Å². The zero-order chi connectivity index (χ0) is 11.5. The molecule has 80 valence electrons. The molecule has 0 fully saturated rings. The van der Waals surface area contributed by atoms with E-state index in [9.17, 15) is 4.79 Å². The predicted octanol–water partition coefficient (Wildman–Crippen LogP) is 0.447. The summed E-state index contributed by atoms with van der Waals surface area (Å²) in [6, 6.07) is 4.90. The number of nitriles is 1. The minimum atomic E-state index is -0.382. The molecule has 2 aromatic rings. The van der Waals surface area contributed by atoms with E-state index in [1.54, 1.807) is 17.1 Å². The molecular weight excluding hydrogens is 206 g/mol. The summed E-state index contributed by atoms with van der Waals surface area (Å²) in [4.78, 5) is 17.9. The Hall–Kier alpha value is -2.42. The van der Waals surface area contributed by atoms with Crippen molar-refractivity contribution in [3.63, 3.8) is 0 Å². The van der Waals surface area contributed by atoms with Crippen molar-refractivity contribution in [2.24, 2.45) is 0 Å². The van der Waals surface area contributed by atoms with Gasteiger partial charge in [-0.15, -0.1) is 0 Å². The summed E-state index contributed by atoms with van der Waals surface area (Å²) in [6.07, 6.45) is 3.00. The standard InChI is InChI=1S/C10H9N5O/c1-7(15-6-12-5-13-15)9-3-2-8(4-11)10(16)14-9/h2-3,5-7H,1H3,(H,14,16). The summed E-state index contributed by atoms with van der Waals surface area (Å²) in [6.45, 7) is 1.88. The van der Waals surface area contributed by atoms with Crippen molar-refractivity contribution in [2.75, 3.05) is 0 Å². The summed E-state index contributed by atoms with van der Waals surface area (Å²) in [5.74, 6) is 0. The zero-order valence-electron chi connectivity index (χ0n) is 8.58. The fraction of sp³-hybridized carbons (Fsp3) is 0.200. The first-order valence-corrected chi connectivity index (χ1v) is 4.70. The van der Waals surface area contributed by atoms with Gasteiger partial charge in [-0.2, -0.15) is 10.4 Å². The van der Waals surface area contributed by atoms with Crippen molar-refractivity contribution < 1.29 is 0 Å². The van der Waals surface area contributed by atoms with Gasteiger partial charge in [-0.1, -0.05) is 0 Å². The third-order valence-corrected chi connectivity index (χ3v) is 2.34. The molecule has 1 atom stereocenters. The van der Waals surface area contributed by atoms with Crippen molar-refractivity contribution in [1.29, 1.82) is 5.26 Å². The Morgan fingerprint density at radius 3 is 2.94 bits per heavy atom. The van der Waals surface area contributed by atoms with E-state index in [1.807, 2.05) is 13.0 Å². The molecule has 0 aliphatic rings. The highest BCUT2D eigenvalue weighted by Crippen LogP contribution is 2.11. The molecule has 0 saturated carbocycles. The van der Waals surface area contributed by atoms with Crippen LogP contribution in [0.2, 0.25) is 0 Å². The lowest BCUT2D eigenvalue weighted by Gasteiger charge is -2.10. The SMILES string of the molecule is CC(c1ccc(C#N)c(=O)[nH]1)n1cncn1. The van der Waals surface area contributed by atoms with Gasteiger partial charge in [0.05, 0.1) is 6.04 Å². The highest BCUT2D eigenvalue weighted by atomic mass is 16.1. The van der Waals surface area contributed by atoms with Crippen LogP contribution < -0.4 is 5.56 Å². The molecular formula is C10H9N5O.